The average molecular weight is 241 g/mol. The van der Waals surface area contributed by atoms with Crippen molar-refractivity contribution in [3.8, 4) is 0 Å². The topological polar surface area (TPSA) is 67.3 Å². The monoisotopic (exact) mass is 241 g/mol. The van der Waals surface area contributed by atoms with Crippen molar-refractivity contribution in [3.63, 3.8) is 0 Å². The first-order valence-electron chi connectivity index (χ1n) is 5.06. The largest absolute Gasteiger partial charge is 0.481 e. The zero-order valence-electron chi connectivity index (χ0n) is 9.13. The molecule has 1 N–H and O–H groups in total. The number of aryl methyl sites for hydroxylation is 1. The lowest BCUT2D eigenvalue weighted by Crippen LogP contribution is -2.19. The summed E-state index contributed by atoms with van der Waals surface area (Å²) < 4.78 is 11.6. The van der Waals surface area contributed by atoms with E-state index in [2.05, 4.69) is 4.98 Å². The van der Waals surface area contributed by atoms with Gasteiger partial charge in [-0.15, -0.1) is 0 Å². The van der Waals surface area contributed by atoms with E-state index in [1.165, 1.54) is 0 Å². The van der Waals surface area contributed by atoms with Crippen molar-refractivity contribution in [1.82, 2.24) is 4.98 Å². The van der Waals surface area contributed by atoms with Gasteiger partial charge in [0.05, 0.1) is 5.92 Å². The van der Waals surface area contributed by atoms with Gasteiger partial charge in [0.15, 0.2) is 0 Å². The van der Waals surface area contributed by atoms with Crippen LogP contribution < -0.4 is 0 Å². The molecule has 16 heavy (non-hydrogen) atoms. The van der Waals surface area contributed by atoms with E-state index in [4.69, 9.17) is 5.11 Å². The van der Waals surface area contributed by atoms with E-state index in [0.29, 0.717) is 12.2 Å². The number of hydrogen-bond donors (Lipinski definition) is 1. The van der Waals surface area contributed by atoms with Crippen molar-refractivity contribution in [2.75, 3.05) is 11.5 Å². The number of hydrogen-bond acceptors (Lipinski definition) is 3. The van der Waals surface area contributed by atoms with Gasteiger partial charge in [0, 0.05) is 34.7 Å². The summed E-state index contributed by atoms with van der Waals surface area (Å²) >= 11 is 0. The summed E-state index contributed by atoms with van der Waals surface area (Å²) in [6.45, 7) is 1.57. The number of aromatic nitrogens is 1. The molecule has 1 heterocycles. The summed E-state index contributed by atoms with van der Waals surface area (Å²) in [6.07, 6.45) is 4.09. The van der Waals surface area contributed by atoms with Crippen LogP contribution in [0.4, 0.5) is 0 Å². The molecule has 0 saturated carbocycles. The van der Waals surface area contributed by atoms with Crippen molar-refractivity contribution in [2.24, 2.45) is 5.92 Å². The standard InChI is InChI=1S/C11H15NO3S/c1-9(11(13)14)8-16(15)6-4-10-3-2-5-12-7-10/h2-3,5,7,9H,4,6,8H2,1H3,(H,13,14). The Hall–Kier alpha value is -1.23. The predicted molar refractivity (Wildman–Crippen MR) is 62.6 cm³/mol. The number of nitrogens with zero attached hydrogens (tertiary/aromatic N) is 1. The van der Waals surface area contributed by atoms with Crippen molar-refractivity contribution in [3.05, 3.63) is 30.1 Å². The van der Waals surface area contributed by atoms with Crippen LogP contribution in [0.3, 0.4) is 0 Å². The van der Waals surface area contributed by atoms with Crippen LogP contribution >= 0.6 is 0 Å². The van der Waals surface area contributed by atoms with E-state index in [9.17, 15) is 9.00 Å². The molecule has 0 aliphatic rings. The lowest BCUT2D eigenvalue weighted by molar-refractivity contribution is -0.140. The van der Waals surface area contributed by atoms with Crippen LogP contribution in [-0.4, -0.2) is 31.8 Å². The van der Waals surface area contributed by atoms with Gasteiger partial charge < -0.3 is 5.11 Å². The van der Waals surface area contributed by atoms with Gasteiger partial charge in [-0.2, -0.15) is 0 Å². The third-order valence-corrected chi connectivity index (χ3v) is 3.73. The number of rotatable bonds is 6. The van der Waals surface area contributed by atoms with E-state index in [1.807, 2.05) is 12.1 Å². The lowest BCUT2D eigenvalue weighted by Gasteiger charge is -2.05. The van der Waals surface area contributed by atoms with E-state index >= 15 is 0 Å². The minimum absolute atomic E-state index is 0.218. The summed E-state index contributed by atoms with van der Waals surface area (Å²) in [4.78, 5) is 14.5. The first-order chi connectivity index (χ1) is 7.59. The fourth-order valence-corrected chi connectivity index (χ4v) is 2.54. The van der Waals surface area contributed by atoms with Crippen molar-refractivity contribution in [2.45, 2.75) is 13.3 Å². The summed E-state index contributed by atoms with van der Waals surface area (Å²) in [6, 6.07) is 3.75. The number of aliphatic carboxylic acids is 1. The van der Waals surface area contributed by atoms with Gasteiger partial charge in [0.1, 0.15) is 0 Å². The van der Waals surface area contributed by atoms with E-state index in [1.54, 1.807) is 19.3 Å². The van der Waals surface area contributed by atoms with Crippen LogP contribution in [0.1, 0.15) is 12.5 Å². The molecular formula is C11H15NO3S. The minimum Gasteiger partial charge on any atom is -0.481 e. The summed E-state index contributed by atoms with van der Waals surface area (Å²) in [5.74, 6) is -0.733. The zero-order valence-corrected chi connectivity index (χ0v) is 9.94. The lowest BCUT2D eigenvalue weighted by atomic mass is 10.2. The summed E-state index contributed by atoms with van der Waals surface area (Å²) in [5.41, 5.74) is 1.03. The molecule has 4 nitrogen and oxygen atoms in total. The first-order valence-corrected chi connectivity index (χ1v) is 6.55. The molecule has 2 unspecified atom stereocenters. The Balaban J connectivity index is 2.33. The van der Waals surface area contributed by atoms with Crippen LogP contribution in [0.5, 0.6) is 0 Å². The Morgan fingerprint density at radius 1 is 1.62 bits per heavy atom. The number of pyridine rings is 1. The Morgan fingerprint density at radius 3 is 2.94 bits per heavy atom. The summed E-state index contributed by atoms with van der Waals surface area (Å²) in [7, 11) is -1.08. The third-order valence-electron chi connectivity index (χ3n) is 2.20. The highest BCUT2D eigenvalue weighted by molar-refractivity contribution is 7.85. The molecule has 0 amide bonds. The Labute approximate surface area is 97.2 Å². The average Bonchev–Trinajstić information content (AvgIpc) is 2.27. The first kappa shape index (κ1) is 12.8. The molecule has 0 aromatic carbocycles. The van der Waals surface area contributed by atoms with Crippen LogP contribution in [-0.2, 0) is 22.0 Å². The van der Waals surface area contributed by atoms with Gasteiger partial charge >= 0.3 is 5.97 Å². The molecule has 0 spiro atoms. The van der Waals surface area contributed by atoms with Gasteiger partial charge in [0.2, 0.25) is 0 Å². The highest BCUT2D eigenvalue weighted by Crippen LogP contribution is 2.02. The second kappa shape index (κ2) is 6.37. The van der Waals surface area contributed by atoms with Crippen molar-refractivity contribution < 1.29 is 14.1 Å². The number of carboxylic acid groups (broad SMARTS) is 1. The Morgan fingerprint density at radius 2 is 2.38 bits per heavy atom. The minimum atomic E-state index is -1.08. The number of carbonyl (C=O) groups is 1. The third kappa shape index (κ3) is 4.53. The van der Waals surface area contributed by atoms with E-state index in [0.717, 1.165) is 5.56 Å². The normalized spacial score (nSPS) is 14.3. The second-order valence-electron chi connectivity index (χ2n) is 3.66. The molecule has 0 fully saturated rings. The summed E-state index contributed by atoms with van der Waals surface area (Å²) in [5, 5.41) is 8.67. The van der Waals surface area contributed by atoms with Gasteiger partial charge in [0.25, 0.3) is 0 Å². The zero-order chi connectivity index (χ0) is 12.0. The maximum atomic E-state index is 11.6. The van der Waals surface area contributed by atoms with Gasteiger partial charge in [-0.25, -0.2) is 0 Å². The SMILES string of the molecule is CC(CS(=O)CCc1cccnc1)C(=O)O. The highest BCUT2D eigenvalue weighted by Gasteiger charge is 2.14. The van der Waals surface area contributed by atoms with Gasteiger partial charge in [-0.05, 0) is 18.1 Å². The quantitative estimate of drug-likeness (QED) is 0.809. The molecule has 1 aromatic heterocycles. The molecule has 0 bridgehead atoms. The van der Waals surface area contributed by atoms with Crippen molar-refractivity contribution in [1.29, 1.82) is 0 Å². The Bertz CT molecular complexity index is 367. The number of carboxylic acids is 1. The highest BCUT2D eigenvalue weighted by atomic mass is 32.2. The van der Waals surface area contributed by atoms with Crippen LogP contribution in [0.15, 0.2) is 24.5 Å². The maximum absolute atomic E-state index is 11.6. The molecule has 0 aliphatic carbocycles. The fraction of sp³-hybridized carbons (Fsp3) is 0.455. The molecule has 0 saturated heterocycles. The second-order valence-corrected chi connectivity index (χ2v) is 5.28. The van der Waals surface area contributed by atoms with E-state index < -0.39 is 22.7 Å². The molecular weight excluding hydrogens is 226 g/mol. The van der Waals surface area contributed by atoms with E-state index in [-0.39, 0.29) is 5.75 Å². The fourth-order valence-electron chi connectivity index (χ4n) is 1.21. The molecule has 1 rings (SSSR count). The van der Waals surface area contributed by atoms with Gasteiger partial charge in [-0.3, -0.25) is 14.0 Å². The molecule has 88 valence electrons. The molecule has 0 radical (unpaired) electrons. The van der Waals surface area contributed by atoms with Crippen LogP contribution in [0, 0.1) is 5.92 Å². The van der Waals surface area contributed by atoms with Crippen molar-refractivity contribution >= 4 is 16.8 Å². The predicted octanol–water partition coefficient (Wildman–Crippen LogP) is 1.09. The molecule has 5 heteroatoms. The van der Waals surface area contributed by atoms with Gasteiger partial charge in [-0.1, -0.05) is 13.0 Å². The smallest absolute Gasteiger partial charge is 0.307 e. The van der Waals surface area contributed by atoms with Crippen LogP contribution in [0.2, 0.25) is 0 Å². The Kier molecular flexibility index (Phi) is 5.11. The molecule has 2 atom stereocenters. The van der Waals surface area contributed by atoms with Crippen LogP contribution in [0.25, 0.3) is 0 Å². The molecule has 1 aromatic rings. The maximum Gasteiger partial charge on any atom is 0.307 e. The molecule has 0 aliphatic heterocycles.